The molecule has 170 valence electrons. The fraction of sp³-hybridized carbons (Fsp3) is 0.720. The lowest BCUT2D eigenvalue weighted by Gasteiger charge is -2.28. The molecule has 1 atom stereocenters. The number of likely N-dealkylation sites (tertiary alicyclic amines) is 1. The molecule has 6 heteroatoms. The monoisotopic (exact) mass is 425 g/mol. The van der Waals surface area contributed by atoms with Gasteiger partial charge in [0.1, 0.15) is 0 Å². The fourth-order valence-electron chi connectivity index (χ4n) is 5.07. The molecular weight excluding hydrogens is 386 g/mol. The molecule has 2 fully saturated rings. The Morgan fingerprint density at radius 2 is 1.87 bits per heavy atom. The minimum atomic E-state index is 0.363. The topological polar surface area (TPSA) is 63.2 Å². The van der Waals surface area contributed by atoms with E-state index in [0.29, 0.717) is 23.8 Å². The molecule has 3 heterocycles. The van der Waals surface area contributed by atoms with Gasteiger partial charge < -0.3 is 15.0 Å². The number of nitrogens with one attached hydrogen (secondary N) is 1. The number of piperidine rings is 1. The predicted molar refractivity (Wildman–Crippen MR) is 127 cm³/mol. The highest BCUT2D eigenvalue weighted by atomic mass is 16.5. The summed E-state index contributed by atoms with van der Waals surface area (Å²) in [6.45, 7) is 7.43. The van der Waals surface area contributed by atoms with Gasteiger partial charge in [0.25, 0.3) is 0 Å². The van der Waals surface area contributed by atoms with E-state index < -0.39 is 0 Å². The first kappa shape index (κ1) is 22.3. The maximum Gasteiger partial charge on any atom is 0.224 e. The third kappa shape index (κ3) is 5.65. The van der Waals surface area contributed by atoms with Crippen LogP contribution in [0.3, 0.4) is 0 Å². The summed E-state index contributed by atoms with van der Waals surface area (Å²) in [6, 6.07) is 0.363. The summed E-state index contributed by atoms with van der Waals surface area (Å²) in [7, 11) is 2.19. The van der Waals surface area contributed by atoms with Gasteiger partial charge in [-0.3, -0.25) is 0 Å². The second kappa shape index (κ2) is 10.6. The van der Waals surface area contributed by atoms with Crippen molar-refractivity contribution < 1.29 is 4.74 Å². The highest BCUT2D eigenvalue weighted by Gasteiger charge is 2.23. The molecule has 1 aliphatic heterocycles. The SMILES string of the molecule is CCCC(C)Nc1ncc2c(OCC3CCN(C)CC3)ncc(C3CCCCC3)c2n1. The Labute approximate surface area is 187 Å². The summed E-state index contributed by atoms with van der Waals surface area (Å²) in [5.41, 5.74) is 2.30. The van der Waals surface area contributed by atoms with Gasteiger partial charge in [0.15, 0.2) is 0 Å². The predicted octanol–water partition coefficient (Wildman–Crippen LogP) is 5.39. The Bertz CT molecular complexity index is 843. The van der Waals surface area contributed by atoms with Gasteiger partial charge in [-0.1, -0.05) is 32.6 Å². The van der Waals surface area contributed by atoms with E-state index in [1.807, 2.05) is 12.4 Å². The molecule has 0 bridgehead atoms. The van der Waals surface area contributed by atoms with Gasteiger partial charge in [-0.25, -0.2) is 15.0 Å². The van der Waals surface area contributed by atoms with Crippen molar-refractivity contribution in [3.05, 3.63) is 18.0 Å². The smallest absolute Gasteiger partial charge is 0.224 e. The molecule has 0 radical (unpaired) electrons. The highest BCUT2D eigenvalue weighted by molar-refractivity contribution is 5.86. The Hall–Kier alpha value is -1.95. The Balaban J connectivity index is 1.59. The van der Waals surface area contributed by atoms with Crippen LogP contribution in [0.15, 0.2) is 12.4 Å². The Kier molecular flexibility index (Phi) is 7.59. The van der Waals surface area contributed by atoms with Crippen molar-refractivity contribution in [2.24, 2.45) is 5.92 Å². The maximum atomic E-state index is 6.27. The van der Waals surface area contributed by atoms with E-state index in [0.717, 1.165) is 49.4 Å². The van der Waals surface area contributed by atoms with Crippen LogP contribution < -0.4 is 10.1 Å². The highest BCUT2D eigenvalue weighted by Crippen LogP contribution is 2.37. The lowest BCUT2D eigenvalue weighted by atomic mass is 9.84. The van der Waals surface area contributed by atoms with E-state index in [4.69, 9.17) is 14.7 Å². The molecule has 31 heavy (non-hydrogen) atoms. The lowest BCUT2D eigenvalue weighted by molar-refractivity contribution is 0.158. The van der Waals surface area contributed by atoms with Crippen LogP contribution in [0.4, 0.5) is 5.95 Å². The molecule has 0 aromatic carbocycles. The first-order valence-corrected chi connectivity index (χ1v) is 12.4. The van der Waals surface area contributed by atoms with Crippen LogP contribution in [-0.4, -0.2) is 52.6 Å². The summed E-state index contributed by atoms with van der Waals surface area (Å²) in [4.78, 5) is 16.8. The number of ether oxygens (including phenoxy) is 1. The van der Waals surface area contributed by atoms with E-state index in [1.165, 1.54) is 50.5 Å². The first-order chi connectivity index (χ1) is 15.1. The van der Waals surface area contributed by atoms with Gasteiger partial charge in [0.05, 0.1) is 17.5 Å². The Morgan fingerprint density at radius 3 is 2.61 bits per heavy atom. The minimum Gasteiger partial charge on any atom is -0.477 e. The fourth-order valence-corrected chi connectivity index (χ4v) is 5.07. The largest absolute Gasteiger partial charge is 0.477 e. The van der Waals surface area contributed by atoms with Gasteiger partial charge in [-0.15, -0.1) is 0 Å². The summed E-state index contributed by atoms with van der Waals surface area (Å²) in [5, 5.41) is 4.45. The average Bonchev–Trinajstić information content (AvgIpc) is 2.79. The third-order valence-corrected chi connectivity index (χ3v) is 7.05. The van der Waals surface area contributed by atoms with Crippen molar-refractivity contribution >= 4 is 16.9 Å². The van der Waals surface area contributed by atoms with Crippen LogP contribution in [0.5, 0.6) is 5.88 Å². The van der Waals surface area contributed by atoms with E-state index in [-0.39, 0.29) is 0 Å². The molecule has 2 aliphatic rings. The zero-order valence-corrected chi connectivity index (χ0v) is 19.6. The molecular formula is C25H39N5O. The third-order valence-electron chi connectivity index (χ3n) is 7.05. The van der Waals surface area contributed by atoms with E-state index in [9.17, 15) is 0 Å². The number of rotatable bonds is 8. The quantitative estimate of drug-likeness (QED) is 0.611. The molecule has 1 aliphatic carbocycles. The molecule has 4 rings (SSSR count). The molecule has 1 saturated heterocycles. The number of aromatic nitrogens is 3. The van der Waals surface area contributed by atoms with Crippen molar-refractivity contribution in [1.82, 2.24) is 19.9 Å². The van der Waals surface area contributed by atoms with E-state index in [2.05, 4.69) is 36.1 Å². The van der Waals surface area contributed by atoms with Crippen molar-refractivity contribution in [2.75, 3.05) is 32.1 Å². The van der Waals surface area contributed by atoms with Gasteiger partial charge in [0, 0.05) is 24.0 Å². The molecule has 6 nitrogen and oxygen atoms in total. The summed E-state index contributed by atoms with van der Waals surface area (Å²) in [5.74, 6) is 2.56. The first-order valence-electron chi connectivity index (χ1n) is 12.4. The standard InChI is InChI=1S/C25H39N5O/c1-4-8-18(2)28-25-27-16-22-23(29-25)21(20-9-6-5-7-10-20)15-26-24(22)31-17-19-11-13-30(3)14-12-19/h15-16,18-20H,4-14,17H2,1-3H3,(H,27,28,29). The molecule has 1 saturated carbocycles. The van der Waals surface area contributed by atoms with Crippen molar-refractivity contribution in [2.45, 2.75) is 83.6 Å². The second-order valence-corrected chi connectivity index (χ2v) is 9.70. The number of nitrogens with zero attached hydrogens (tertiary/aromatic N) is 4. The van der Waals surface area contributed by atoms with Crippen LogP contribution in [0.25, 0.3) is 10.9 Å². The van der Waals surface area contributed by atoms with Gasteiger partial charge in [-0.2, -0.15) is 0 Å². The van der Waals surface area contributed by atoms with Crippen molar-refractivity contribution in [3.8, 4) is 5.88 Å². The average molecular weight is 426 g/mol. The van der Waals surface area contributed by atoms with Crippen LogP contribution in [0.1, 0.15) is 83.1 Å². The van der Waals surface area contributed by atoms with E-state index in [1.54, 1.807) is 0 Å². The summed E-state index contributed by atoms with van der Waals surface area (Å²) < 4.78 is 6.27. The summed E-state index contributed by atoms with van der Waals surface area (Å²) >= 11 is 0. The van der Waals surface area contributed by atoms with E-state index >= 15 is 0 Å². The van der Waals surface area contributed by atoms with Crippen LogP contribution in [-0.2, 0) is 0 Å². The van der Waals surface area contributed by atoms with Gasteiger partial charge in [0.2, 0.25) is 11.8 Å². The number of hydrogen-bond acceptors (Lipinski definition) is 6. The Morgan fingerprint density at radius 1 is 1.10 bits per heavy atom. The lowest BCUT2D eigenvalue weighted by Crippen LogP contribution is -2.32. The zero-order valence-electron chi connectivity index (χ0n) is 19.6. The van der Waals surface area contributed by atoms with Crippen LogP contribution in [0, 0.1) is 5.92 Å². The van der Waals surface area contributed by atoms with Crippen LogP contribution >= 0.6 is 0 Å². The normalized spacial score (nSPS) is 20.1. The second-order valence-electron chi connectivity index (χ2n) is 9.70. The maximum absolute atomic E-state index is 6.27. The zero-order chi connectivity index (χ0) is 21.6. The molecule has 1 unspecified atom stereocenters. The van der Waals surface area contributed by atoms with Crippen LogP contribution in [0.2, 0.25) is 0 Å². The number of anilines is 1. The number of pyridine rings is 1. The van der Waals surface area contributed by atoms with Gasteiger partial charge >= 0.3 is 0 Å². The summed E-state index contributed by atoms with van der Waals surface area (Å²) in [6.07, 6.45) is 15.0. The molecule has 1 N–H and O–H groups in total. The number of fused-ring (bicyclic) bond motifs is 1. The molecule has 2 aromatic heterocycles. The number of hydrogen-bond donors (Lipinski definition) is 1. The molecule has 0 spiro atoms. The minimum absolute atomic E-state index is 0.363. The molecule has 2 aromatic rings. The van der Waals surface area contributed by atoms with Crippen molar-refractivity contribution in [1.29, 1.82) is 0 Å². The van der Waals surface area contributed by atoms with Gasteiger partial charge in [-0.05, 0) is 71.0 Å². The molecule has 0 amide bonds. The van der Waals surface area contributed by atoms with Crippen molar-refractivity contribution in [3.63, 3.8) is 0 Å².